The standard InChI is InChI=1S/C14H9Br2FO2/c1-19-12-4-2-3-10(13(12)17)14(18)9-6-5-8(15)7-11(9)16/h2-7H,1H3. The lowest BCUT2D eigenvalue weighted by Crippen LogP contribution is -2.06. The van der Waals surface area contributed by atoms with Gasteiger partial charge in [0.2, 0.25) is 0 Å². The topological polar surface area (TPSA) is 26.3 Å². The normalized spacial score (nSPS) is 10.3. The maximum Gasteiger partial charge on any atom is 0.197 e. The molecule has 0 amide bonds. The molecule has 0 aliphatic carbocycles. The number of rotatable bonds is 3. The van der Waals surface area contributed by atoms with Crippen LogP contribution in [0.25, 0.3) is 0 Å². The van der Waals surface area contributed by atoms with E-state index in [1.807, 2.05) is 0 Å². The van der Waals surface area contributed by atoms with Crippen molar-refractivity contribution in [3.63, 3.8) is 0 Å². The average molecular weight is 388 g/mol. The molecule has 0 saturated carbocycles. The summed E-state index contributed by atoms with van der Waals surface area (Å²) in [5.41, 5.74) is 0.387. The molecule has 0 aliphatic heterocycles. The molecule has 0 unspecified atom stereocenters. The Morgan fingerprint density at radius 1 is 1.16 bits per heavy atom. The molecule has 2 nitrogen and oxygen atoms in total. The molecular formula is C14H9Br2FO2. The number of ketones is 1. The van der Waals surface area contributed by atoms with Crippen molar-refractivity contribution in [2.75, 3.05) is 7.11 Å². The summed E-state index contributed by atoms with van der Waals surface area (Å²) >= 11 is 6.60. The van der Waals surface area contributed by atoms with Crippen LogP contribution in [0.15, 0.2) is 45.3 Å². The molecule has 19 heavy (non-hydrogen) atoms. The van der Waals surface area contributed by atoms with Gasteiger partial charge in [-0.15, -0.1) is 0 Å². The number of halogens is 3. The van der Waals surface area contributed by atoms with Gasteiger partial charge < -0.3 is 4.74 Å². The molecule has 0 fully saturated rings. The van der Waals surface area contributed by atoms with Gasteiger partial charge in [0.1, 0.15) is 0 Å². The summed E-state index contributed by atoms with van der Waals surface area (Å²) in [5, 5.41) is 0. The highest BCUT2D eigenvalue weighted by atomic mass is 79.9. The maximum atomic E-state index is 14.0. The van der Waals surface area contributed by atoms with E-state index >= 15 is 0 Å². The summed E-state index contributed by atoms with van der Waals surface area (Å²) in [7, 11) is 1.36. The molecule has 2 aromatic rings. The van der Waals surface area contributed by atoms with Gasteiger partial charge in [-0.05, 0) is 46.3 Å². The minimum Gasteiger partial charge on any atom is -0.494 e. The molecule has 2 aromatic carbocycles. The molecule has 0 saturated heterocycles. The first-order valence-corrected chi connectivity index (χ1v) is 6.95. The minimum atomic E-state index is -0.648. The van der Waals surface area contributed by atoms with E-state index < -0.39 is 11.6 Å². The highest BCUT2D eigenvalue weighted by molar-refractivity contribution is 9.11. The Morgan fingerprint density at radius 2 is 1.89 bits per heavy atom. The summed E-state index contributed by atoms with van der Waals surface area (Å²) in [5.74, 6) is -0.986. The molecule has 0 N–H and O–H groups in total. The highest BCUT2D eigenvalue weighted by Crippen LogP contribution is 2.27. The van der Waals surface area contributed by atoms with Gasteiger partial charge in [0.15, 0.2) is 17.3 Å². The molecule has 0 spiro atoms. The predicted molar refractivity (Wildman–Crippen MR) is 78.2 cm³/mol. The molecule has 0 aliphatic rings. The van der Waals surface area contributed by atoms with Crippen LogP contribution in [-0.4, -0.2) is 12.9 Å². The first-order valence-electron chi connectivity index (χ1n) is 5.37. The Labute approximate surface area is 126 Å². The quantitative estimate of drug-likeness (QED) is 0.720. The number of hydrogen-bond acceptors (Lipinski definition) is 2. The Balaban J connectivity index is 2.50. The van der Waals surface area contributed by atoms with Gasteiger partial charge in [0, 0.05) is 14.5 Å². The number of hydrogen-bond donors (Lipinski definition) is 0. The van der Waals surface area contributed by atoms with Crippen molar-refractivity contribution in [1.29, 1.82) is 0 Å². The van der Waals surface area contributed by atoms with Crippen molar-refractivity contribution in [2.24, 2.45) is 0 Å². The van der Waals surface area contributed by atoms with E-state index in [9.17, 15) is 9.18 Å². The second kappa shape index (κ2) is 5.84. The van der Waals surface area contributed by atoms with E-state index in [0.29, 0.717) is 10.0 Å². The van der Waals surface area contributed by atoms with Crippen molar-refractivity contribution in [3.8, 4) is 5.75 Å². The Hall–Kier alpha value is -1.20. The van der Waals surface area contributed by atoms with Gasteiger partial charge in [0.25, 0.3) is 0 Å². The SMILES string of the molecule is COc1cccc(C(=O)c2ccc(Br)cc2Br)c1F. The molecule has 5 heteroatoms. The summed E-state index contributed by atoms with van der Waals surface area (Å²) in [6, 6.07) is 9.61. The molecule has 98 valence electrons. The monoisotopic (exact) mass is 386 g/mol. The van der Waals surface area contributed by atoms with Crippen LogP contribution in [0.5, 0.6) is 5.75 Å². The second-order valence-corrected chi connectivity index (χ2v) is 5.55. The van der Waals surface area contributed by atoms with Crippen LogP contribution in [0.1, 0.15) is 15.9 Å². The fourth-order valence-electron chi connectivity index (χ4n) is 1.66. The Morgan fingerprint density at radius 3 is 2.53 bits per heavy atom. The van der Waals surface area contributed by atoms with E-state index in [0.717, 1.165) is 4.47 Å². The van der Waals surface area contributed by atoms with Gasteiger partial charge >= 0.3 is 0 Å². The van der Waals surface area contributed by atoms with Crippen molar-refractivity contribution in [3.05, 3.63) is 62.3 Å². The first-order chi connectivity index (χ1) is 9.04. The lowest BCUT2D eigenvalue weighted by Gasteiger charge is -2.08. The number of benzene rings is 2. The minimum absolute atomic E-state index is 0.0117. The first kappa shape index (κ1) is 14.2. The van der Waals surface area contributed by atoms with Crippen LogP contribution in [0.4, 0.5) is 4.39 Å². The molecule has 0 aromatic heterocycles. The maximum absolute atomic E-state index is 14.0. The van der Waals surface area contributed by atoms with Crippen molar-refractivity contribution in [1.82, 2.24) is 0 Å². The third kappa shape index (κ3) is 2.87. The summed E-state index contributed by atoms with van der Waals surface area (Å²) in [4.78, 5) is 12.3. The van der Waals surface area contributed by atoms with Crippen LogP contribution in [0.2, 0.25) is 0 Å². The Bertz CT molecular complexity index is 641. The van der Waals surface area contributed by atoms with E-state index in [4.69, 9.17) is 4.74 Å². The molecule has 2 rings (SSSR count). The predicted octanol–water partition coefficient (Wildman–Crippen LogP) is 4.59. The number of carbonyl (C=O) groups excluding carboxylic acids is 1. The fourth-order valence-corrected chi connectivity index (χ4v) is 2.89. The third-order valence-electron chi connectivity index (χ3n) is 2.60. The molecule has 0 radical (unpaired) electrons. The van der Waals surface area contributed by atoms with E-state index in [1.165, 1.54) is 19.2 Å². The van der Waals surface area contributed by atoms with E-state index in [1.54, 1.807) is 24.3 Å². The average Bonchev–Trinajstić information content (AvgIpc) is 2.38. The van der Waals surface area contributed by atoms with Crippen LogP contribution >= 0.6 is 31.9 Å². The van der Waals surface area contributed by atoms with Gasteiger partial charge in [-0.1, -0.05) is 22.0 Å². The van der Waals surface area contributed by atoms with E-state index in [2.05, 4.69) is 31.9 Å². The van der Waals surface area contributed by atoms with Crippen molar-refractivity contribution >= 4 is 37.6 Å². The van der Waals surface area contributed by atoms with Gasteiger partial charge in [-0.25, -0.2) is 4.39 Å². The molecule has 0 heterocycles. The van der Waals surface area contributed by atoms with Crippen LogP contribution in [-0.2, 0) is 0 Å². The zero-order chi connectivity index (χ0) is 14.0. The van der Waals surface area contributed by atoms with Crippen LogP contribution in [0, 0.1) is 5.82 Å². The summed E-state index contributed by atoms with van der Waals surface area (Å²) in [6.45, 7) is 0. The Kier molecular flexibility index (Phi) is 4.37. The largest absolute Gasteiger partial charge is 0.494 e. The van der Waals surface area contributed by atoms with Gasteiger partial charge in [0.05, 0.1) is 12.7 Å². The van der Waals surface area contributed by atoms with E-state index in [-0.39, 0.29) is 11.3 Å². The van der Waals surface area contributed by atoms with Crippen LogP contribution in [0.3, 0.4) is 0 Å². The van der Waals surface area contributed by atoms with Gasteiger partial charge in [-0.3, -0.25) is 4.79 Å². The number of methoxy groups -OCH3 is 1. The molecule has 0 bridgehead atoms. The van der Waals surface area contributed by atoms with Crippen molar-refractivity contribution < 1.29 is 13.9 Å². The smallest absolute Gasteiger partial charge is 0.197 e. The summed E-state index contributed by atoms with van der Waals surface area (Å²) in [6.07, 6.45) is 0. The number of ether oxygens (including phenoxy) is 1. The lowest BCUT2D eigenvalue weighted by atomic mass is 10.0. The molecular weight excluding hydrogens is 379 g/mol. The lowest BCUT2D eigenvalue weighted by molar-refractivity contribution is 0.103. The van der Waals surface area contributed by atoms with Crippen molar-refractivity contribution in [2.45, 2.75) is 0 Å². The third-order valence-corrected chi connectivity index (χ3v) is 3.75. The fraction of sp³-hybridized carbons (Fsp3) is 0.0714. The van der Waals surface area contributed by atoms with Gasteiger partial charge in [-0.2, -0.15) is 0 Å². The second-order valence-electron chi connectivity index (χ2n) is 3.78. The summed E-state index contributed by atoms with van der Waals surface area (Å²) < 4.78 is 20.4. The number of carbonyl (C=O) groups is 1. The molecule has 0 atom stereocenters. The highest BCUT2D eigenvalue weighted by Gasteiger charge is 2.19. The van der Waals surface area contributed by atoms with Crippen LogP contribution < -0.4 is 4.74 Å². The zero-order valence-corrected chi connectivity index (χ0v) is 13.1. The zero-order valence-electron chi connectivity index (χ0n) is 9.91.